The minimum Gasteiger partial charge on any atom is -0.497 e. The fourth-order valence-corrected chi connectivity index (χ4v) is 4.32. The van der Waals surface area contributed by atoms with E-state index in [1.54, 1.807) is 32.0 Å². The molecule has 29 heavy (non-hydrogen) atoms. The van der Waals surface area contributed by atoms with Crippen LogP contribution in [0.2, 0.25) is 0 Å². The van der Waals surface area contributed by atoms with Crippen LogP contribution in [0.15, 0.2) is 41.3 Å². The molecule has 158 valence electrons. The average Bonchev–Trinajstić information content (AvgIpc) is 2.73. The molecule has 2 aromatic carbocycles. The second-order valence-electron chi connectivity index (χ2n) is 5.97. The summed E-state index contributed by atoms with van der Waals surface area (Å²) in [6, 6.07) is 9.18. The summed E-state index contributed by atoms with van der Waals surface area (Å²) in [5.41, 5.74) is 0.474. The number of carbonyl (C=O) groups excluding carboxylic acids is 1. The quantitative estimate of drug-likeness (QED) is 0.668. The van der Waals surface area contributed by atoms with Crippen LogP contribution in [0, 0.1) is 0 Å². The minimum atomic E-state index is -3.73. The highest BCUT2D eigenvalue weighted by atomic mass is 32.2. The van der Waals surface area contributed by atoms with Gasteiger partial charge >= 0.3 is 0 Å². The Kier molecular flexibility index (Phi) is 7.46. The summed E-state index contributed by atoms with van der Waals surface area (Å²) in [6.07, 6.45) is 0. The lowest BCUT2D eigenvalue weighted by Gasteiger charge is -2.19. The Morgan fingerprint density at radius 1 is 0.931 bits per heavy atom. The Labute approximate surface area is 171 Å². The fourth-order valence-electron chi connectivity index (χ4n) is 2.84. The Balaban J connectivity index is 2.47. The van der Waals surface area contributed by atoms with Crippen molar-refractivity contribution >= 4 is 21.6 Å². The normalized spacial score (nSPS) is 11.2. The van der Waals surface area contributed by atoms with E-state index in [0.29, 0.717) is 30.3 Å². The second kappa shape index (κ2) is 9.62. The van der Waals surface area contributed by atoms with E-state index in [1.165, 1.54) is 43.8 Å². The topological polar surface area (TPSA) is 94.2 Å². The van der Waals surface area contributed by atoms with Gasteiger partial charge in [-0.1, -0.05) is 13.8 Å². The maximum absolute atomic E-state index is 13.0. The summed E-state index contributed by atoms with van der Waals surface area (Å²) >= 11 is 0. The SMILES string of the molecule is CCN(CC)S(=O)(=O)c1ccc(OC)c(C(=O)Nc2cc(OC)ccc2OC)c1. The Hall–Kier alpha value is -2.78. The van der Waals surface area contributed by atoms with E-state index < -0.39 is 15.9 Å². The summed E-state index contributed by atoms with van der Waals surface area (Å²) in [5.74, 6) is 0.684. The van der Waals surface area contributed by atoms with Crippen LogP contribution in [0.5, 0.6) is 17.2 Å². The highest BCUT2D eigenvalue weighted by Crippen LogP contribution is 2.31. The van der Waals surface area contributed by atoms with E-state index in [4.69, 9.17) is 14.2 Å². The van der Waals surface area contributed by atoms with Crippen LogP contribution in [0.4, 0.5) is 5.69 Å². The number of ether oxygens (including phenoxy) is 3. The lowest BCUT2D eigenvalue weighted by atomic mass is 10.1. The summed E-state index contributed by atoms with van der Waals surface area (Å²) in [5, 5.41) is 2.73. The zero-order chi connectivity index (χ0) is 21.6. The molecule has 2 rings (SSSR count). The standard InChI is InChI=1S/C20H26N2O6S/c1-6-22(7-2)29(24,25)15-9-11-18(27-4)16(13-15)20(23)21-17-12-14(26-3)8-10-19(17)28-5/h8-13H,6-7H2,1-5H3,(H,21,23). The Morgan fingerprint density at radius 2 is 1.55 bits per heavy atom. The van der Waals surface area contributed by atoms with Crippen molar-refractivity contribution in [1.82, 2.24) is 4.31 Å². The van der Waals surface area contributed by atoms with Gasteiger partial charge in [0.15, 0.2) is 0 Å². The maximum atomic E-state index is 13.0. The smallest absolute Gasteiger partial charge is 0.259 e. The van der Waals surface area contributed by atoms with Gasteiger partial charge in [-0.3, -0.25) is 4.79 Å². The molecule has 1 amide bonds. The summed E-state index contributed by atoms with van der Waals surface area (Å²) in [7, 11) is 0.681. The van der Waals surface area contributed by atoms with Gasteiger partial charge in [0.2, 0.25) is 10.0 Å². The molecule has 0 fully saturated rings. The Bertz CT molecular complexity index is 971. The van der Waals surface area contributed by atoms with Crippen LogP contribution in [-0.2, 0) is 10.0 Å². The van der Waals surface area contributed by atoms with Crippen molar-refractivity contribution < 1.29 is 27.4 Å². The van der Waals surface area contributed by atoms with E-state index in [1.807, 2.05) is 0 Å². The number of hydrogen-bond acceptors (Lipinski definition) is 6. The Morgan fingerprint density at radius 3 is 2.10 bits per heavy atom. The third-order valence-electron chi connectivity index (χ3n) is 4.41. The highest BCUT2D eigenvalue weighted by molar-refractivity contribution is 7.89. The number of rotatable bonds is 9. The number of amides is 1. The van der Waals surface area contributed by atoms with Crippen LogP contribution in [0.3, 0.4) is 0 Å². The number of sulfonamides is 1. The molecule has 9 heteroatoms. The van der Waals surface area contributed by atoms with Crippen molar-refractivity contribution in [2.75, 3.05) is 39.7 Å². The predicted molar refractivity (Wildman–Crippen MR) is 111 cm³/mol. The van der Waals surface area contributed by atoms with Gasteiger partial charge in [-0.15, -0.1) is 0 Å². The van der Waals surface area contributed by atoms with Crippen molar-refractivity contribution in [2.45, 2.75) is 18.7 Å². The van der Waals surface area contributed by atoms with Gasteiger partial charge in [0.25, 0.3) is 5.91 Å². The fraction of sp³-hybridized carbons (Fsp3) is 0.350. The lowest BCUT2D eigenvalue weighted by Crippen LogP contribution is -2.30. The van der Waals surface area contributed by atoms with E-state index in [9.17, 15) is 13.2 Å². The van der Waals surface area contributed by atoms with Crippen LogP contribution in [0.25, 0.3) is 0 Å². The summed E-state index contributed by atoms with van der Waals surface area (Å²) in [4.78, 5) is 13.0. The van der Waals surface area contributed by atoms with Gasteiger partial charge in [0.1, 0.15) is 17.2 Å². The first kappa shape index (κ1) is 22.5. The number of anilines is 1. The van der Waals surface area contributed by atoms with Gasteiger partial charge < -0.3 is 19.5 Å². The van der Waals surface area contributed by atoms with Gasteiger partial charge in [-0.2, -0.15) is 4.31 Å². The second-order valence-corrected chi connectivity index (χ2v) is 7.91. The third kappa shape index (κ3) is 4.80. The monoisotopic (exact) mass is 422 g/mol. The highest BCUT2D eigenvalue weighted by Gasteiger charge is 2.25. The third-order valence-corrected chi connectivity index (χ3v) is 6.46. The van der Waals surface area contributed by atoms with E-state index >= 15 is 0 Å². The molecule has 0 bridgehead atoms. The molecule has 0 aromatic heterocycles. The van der Waals surface area contributed by atoms with E-state index in [-0.39, 0.29) is 16.2 Å². The summed E-state index contributed by atoms with van der Waals surface area (Å²) < 4.78 is 42.7. The molecule has 0 spiro atoms. The number of carbonyl (C=O) groups is 1. The van der Waals surface area contributed by atoms with Crippen molar-refractivity contribution in [3.8, 4) is 17.2 Å². The molecule has 1 N–H and O–H groups in total. The van der Waals surface area contributed by atoms with Crippen molar-refractivity contribution in [3.05, 3.63) is 42.0 Å². The molecule has 0 aliphatic carbocycles. The molecule has 0 saturated carbocycles. The number of methoxy groups -OCH3 is 3. The molecule has 0 unspecified atom stereocenters. The molecular weight excluding hydrogens is 396 g/mol. The van der Waals surface area contributed by atoms with Gasteiger partial charge in [-0.25, -0.2) is 8.42 Å². The van der Waals surface area contributed by atoms with E-state index in [0.717, 1.165) is 0 Å². The lowest BCUT2D eigenvalue weighted by molar-refractivity contribution is 0.102. The minimum absolute atomic E-state index is 0.0183. The zero-order valence-electron chi connectivity index (χ0n) is 17.2. The first-order valence-corrected chi connectivity index (χ1v) is 10.5. The van der Waals surface area contributed by atoms with Crippen molar-refractivity contribution in [3.63, 3.8) is 0 Å². The molecule has 0 atom stereocenters. The molecule has 0 aliphatic heterocycles. The van der Waals surface area contributed by atoms with Gasteiger partial charge in [0.05, 0.1) is 37.5 Å². The molecule has 0 aliphatic rings. The first-order chi connectivity index (χ1) is 13.8. The van der Waals surface area contributed by atoms with Gasteiger partial charge in [-0.05, 0) is 30.3 Å². The molecule has 0 saturated heterocycles. The molecule has 8 nitrogen and oxygen atoms in total. The number of hydrogen-bond donors (Lipinski definition) is 1. The van der Waals surface area contributed by atoms with Crippen LogP contribution < -0.4 is 19.5 Å². The van der Waals surface area contributed by atoms with Gasteiger partial charge in [0, 0.05) is 19.2 Å². The average molecular weight is 423 g/mol. The predicted octanol–water partition coefficient (Wildman–Crippen LogP) is 3.00. The first-order valence-electron chi connectivity index (χ1n) is 9.03. The molecular formula is C20H26N2O6S. The van der Waals surface area contributed by atoms with Crippen LogP contribution >= 0.6 is 0 Å². The molecule has 0 heterocycles. The number of nitrogens with one attached hydrogen (secondary N) is 1. The number of benzene rings is 2. The van der Waals surface area contributed by atoms with Crippen molar-refractivity contribution in [2.24, 2.45) is 0 Å². The summed E-state index contributed by atoms with van der Waals surface area (Å²) in [6.45, 7) is 4.17. The molecule has 2 aromatic rings. The van der Waals surface area contributed by atoms with E-state index in [2.05, 4.69) is 5.32 Å². The van der Waals surface area contributed by atoms with Crippen molar-refractivity contribution in [1.29, 1.82) is 0 Å². The largest absolute Gasteiger partial charge is 0.497 e. The van der Waals surface area contributed by atoms with Crippen LogP contribution in [0.1, 0.15) is 24.2 Å². The van der Waals surface area contributed by atoms with Crippen LogP contribution in [-0.4, -0.2) is 53.0 Å². The number of nitrogens with zero attached hydrogens (tertiary/aromatic N) is 1. The maximum Gasteiger partial charge on any atom is 0.259 e. The molecule has 0 radical (unpaired) electrons. The zero-order valence-corrected chi connectivity index (χ0v) is 18.0.